The smallest absolute Gasteiger partial charge is 0.339 e. The van der Waals surface area contributed by atoms with Gasteiger partial charge in [-0.1, -0.05) is 30.3 Å². The van der Waals surface area contributed by atoms with Crippen LogP contribution in [0.2, 0.25) is 0 Å². The van der Waals surface area contributed by atoms with Crippen molar-refractivity contribution in [2.24, 2.45) is 0 Å². The van der Waals surface area contributed by atoms with Crippen LogP contribution in [0.5, 0.6) is 5.75 Å². The second-order valence-electron chi connectivity index (χ2n) is 9.13. The van der Waals surface area contributed by atoms with Gasteiger partial charge < -0.3 is 19.2 Å². The molecule has 0 saturated carbocycles. The lowest BCUT2D eigenvalue weighted by molar-refractivity contribution is -0.148. The Kier molecular flexibility index (Phi) is 5.86. The monoisotopic (exact) mass is 461 g/mol. The Bertz CT molecular complexity index is 1290. The van der Waals surface area contributed by atoms with Gasteiger partial charge in [0.1, 0.15) is 11.3 Å². The van der Waals surface area contributed by atoms with Gasteiger partial charge >= 0.3 is 11.6 Å². The number of nitrogens with zero attached hydrogens (tertiary/aromatic N) is 1. The molecule has 1 aliphatic heterocycles. The van der Waals surface area contributed by atoms with Crippen LogP contribution in [-0.2, 0) is 27.8 Å². The minimum atomic E-state index is -0.978. The number of fused-ring (bicyclic) bond motifs is 3. The first kappa shape index (κ1) is 22.2. The Labute approximate surface area is 196 Å². The zero-order chi connectivity index (χ0) is 23.7. The first-order chi connectivity index (χ1) is 16.5. The van der Waals surface area contributed by atoms with E-state index in [1.165, 1.54) is 0 Å². The zero-order valence-electron chi connectivity index (χ0n) is 18.9. The summed E-state index contributed by atoms with van der Waals surface area (Å²) in [7, 11) is 0. The third kappa shape index (κ3) is 3.95. The van der Waals surface area contributed by atoms with Crippen molar-refractivity contribution >= 4 is 22.8 Å². The van der Waals surface area contributed by atoms with Crippen molar-refractivity contribution in [3.8, 4) is 5.75 Å². The second kappa shape index (κ2) is 8.97. The third-order valence-electron chi connectivity index (χ3n) is 7.26. The van der Waals surface area contributed by atoms with E-state index in [4.69, 9.17) is 9.15 Å². The van der Waals surface area contributed by atoms with Crippen molar-refractivity contribution in [1.82, 2.24) is 4.90 Å². The van der Waals surface area contributed by atoms with Crippen LogP contribution in [0.15, 0.2) is 57.7 Å². The summed E-state index contributed by atoms with van der Waals surface area (Å²) in [5, 5.41) is 10.9. The molecule has 1 aromatic heterocycles. The summed E-state index contributed by atoms with van der Waals surface area (Å²) < 4.78 is 11.3. The first-order valence-electron chi connectivity index (χ1n) is 11.8. The van der Waals surface area contributed by atoms with Crippen molar-refractivity contribution in [2.75, 3.05) is 19.7 Å². The normalized spacial score (nSPS) is 17.2. The van der Waals surface area contributed by atoms with Gasteiger partial charge in [-0.15, -0.1) is 0 Å². The molecule has 7 nitrogen and oxygen atoms in total. The number of carboxylic acids is 1. The molecule has 0 bridgehead atoms. The molecule has 2 heterocycles. The molecule has 34 heavy (non-hydrogen) atoms. The number of aliphatic carboxylic acids is 1. The van der Waals surface area contributed by atoms with Crippen molar-refractivity contribution in [3.05, 3.63) is 75.6 Å². The number of likely N-dealkylation sites (tertiary alicyclic amines) is 1. The third-order valence-corrected chi connectivity index (χ3v) is 7.26. The molecule has 1 amide bonds. The quantitative estimate of drug-likeness (QED) is 0.582. The lowest BCUT2D eigenvalue weighted by atomic mass is 9.73. The van der Waals surface area contributed by atoms with Gasteiger partial charge in [-0.3, -0.25) is 9.59 Å². The van der Waals surface area contributed by atoms with Gasteiger partial charge in [0.05, 0.1) is 5.41 Å². The highest BCUT2D eigenvalue weighted by atomic mass is 16.5. The molecular formula is C27H27NO6. The van der Waals surface area contributed by atoms with E-state index >= 15 is 0 Å². The second-order valence-corrected chi connectivity index (χ2v) is 9.13. The number of hydrogen-bond donors (Lipinski definition) is 1. The minimum absolute atomic E-state index is 0.161. The zero-order valence-corrected chi connectivity index (χ0v) is 18.9. The fraction of sp³-hybridized carbons (Fsp3) is 0.370. The summed E-state index contributed by atoms with van der Waals surface area (Å²) in [6.07, 6.45) is 4.38. The fourth-order valence-electron chi connectivity index (χ4n) is 5.27. The summed E-state index contributed by atoms with van der Waals surface area (Å²) in [5.74, 6) is -0.595. The highest BCUT2D eigenvalue weighted by Crippen LogP contribution is 2.36. The van der Waals surface area contributed by atoms with E-state index in [-0.39, 0.29) is 18.1 Å². The number of aryl methyl sites for hydroxylation is 1. The van der Waals surface area contributed by atoms with E-state index < -0.39 is 11.4 Å². The molecule has 0 radical (unpaired) electrons. The number of hydrogen-bond acceptors (Lipinski definition) is 5. The molecule has 1 aliphatic carbocycles. The summed E-state index contributed by atoms with van der Waals surface area (Å²) in [6.45, 7) is 0.538. The molecule has 2 aromatic carbocycles. The Morgan fingerprint density at radius 2 is 1.71 bits per heavy atom. The number of carbonyl (C=O) groups is 2. The van der Waals surface area contributed by atoms with Gasteiger partial charge in [0.2, 0.25) is 0 Å². The summed E-state index contributed by atoms with van der Waals surface area (Å²) in [5.41, 5.74) is 1.82. The molecular weight excluding hydrogens is 434 g/mol. The topological polar surface area (TPSA) is 97.1 Å². The molecule has 1 N–H and O–H groups in total. The minimum Gasteiger partial charge on any atom is -0.484 e. The van der Waals surface area contributed by atoms with Gasteiger partial charge in [0.25, 0.3) is 5.91 Å². The van der Waals surface area contributed by atoms with Crippen molar-refractivity contribution in [1.29, 1.82) is 0 Å². The number of rotatable bonds is 5. The molecule has 0 unspecified atom stereocenters. The summed E-state index contributed by atoms with van der Waals surface area (Å²) in [6, 6.07) is 14.6. The highest BCUT2D eigenvalue weighted by Gasteiger charge is 2.43. The Balaban J connectivity index is 1.25. The Morgan fingerprint density at radius 1 is 1.00 bits per heavy atom. The average Bonchev–Trinajstić information content (AvgIpc) is 2.87. The maximum absolute atomic E-state index is 12.8. The number of carboxylic acid groups (broad SMARTS) is 1. The van der Waals surface area contributed by atoms with E-state index in [0.29, 0.717) is 37.3 Å². The number of benzene rings is 2. The molecule has 1 fully saturated rings. The molecule has 5 rings (SSSR count). The first-order valence-corrected chi connectivity index (χ1v) is 11.8. The van der Waals surface area contributed by atoms with Crippen LogP contribution < -0.4 is 10.4 Å². The molecule has 7 heteroatoms. The van der Waals surface area contributed by atoms with Crippen LogP contribution in [0.25, 0.3) is 11.0 Å². The van der Waals surface area contributed by atoms with Crippen molar-refractivity contribution < 1.29 is 23.8 Å². The average molecular weight is 462 g/mol. The SMILES string of the molecule is O=C(COc1ccc2c3c(c(=O)oc2c1)CCCC3)N1CCC(C(=O)O)(c2ccccc2)CC1. The largest absolute Gasteiger partial charge is 0.484 e. The number of amides is 1. The predicted octanol–water partition coefficient (Wildman–Crippen LogP) is 3.70. The Morgan fingerprint density at radius 3 is 2.41 bits per heavy atom. The summed E-state index contributed by atoms with van der Waals surface area (Å²) >= 11 is 0. The molecule has 0 spiro atoms. The van der Waals surface area contributed by atoms with Crippen LogP contribution in [0.4, 0.5) is 0 Å². The van der Waals surface area contributed by atoms with Crippen molar-refractivity contribution in [3.63, 3.8) is 0 Å². The molecule has 0 atom stereocenters. The van der Waals surface area contributed by atoms with Crippen LogP contribution in [0.3, 0.4) is 0 Å². The van der Waals surface area contributed by atoms with Gasteiger partial charge in [-0.2, -0.15) is 0 Å². The lowest BCUT2D eigenvalue weighted by Crippen LogP contribution is -2.50. The number of carbonyl (C=O) groups excluding carboxylic acids is 1. The standard InChI is InChI=1S/C27H27NO6/c29-24(28-14-12-27(13-15-28,26(31)32)18-6-2-1-3-7-18)17-33-19-10-11-21-20-8-4-5-9-22(20)25(30)34-23(21)16-19/h1-3,6-7,10-11,16H,4-5,8-9,12-15,17H2,(H,31,32). The molecule has 176 valence electrons. The molecule has 3 aromatic rings. The predicted molar refractivity (Wildman–Crippen MR) is 126 cm³/mol. The Hall–Kier alpha value is -3.61. The van der Waals surface area contributed by atoms with Gasteiger partial charge in [-0.25, -0.2) is 4.79 Å². The van der Waals surface area contributed by atoms with Crippen LogP contribution in [-0.4, -0.2) is 41.6 Å². The molecule has 1 saturated heterocycles. The maximum Gasteiger partial charge on any atom is 0.339 e. The van der Waals surface area contributed by atoms with E-state index in [2.05, 4.69) is 0 Å². The number of piperidine rings is 1. The molecule has 2 aliphatic rings. The van der Waals surface area contributed by atoms with E-state index in [0.717, 1.165) is 47.8 Å². The van der Waals surface area contributed by atoms with Crippen LogP contribution >= 0.6 is 0 Å². The van der Waals surface area contributed by atoms with Crippen LogP contribution in [0.1, 0.15) is 42.4 Å². The van der Waals surface area contributed by atoms with Gasteiger partial charge in [-0.05, 0) is 61.8 Å². The van der Waals surface area contributed by atoms with E-state index in [9.17, 15) is 19.5 Å². The highest BCUT2D eigenvalue weighted by molar-refractivity contribution is 5.84. The van der Waals surface area contributed by atoms with E-state index in [1.54, 1.807) is 17.0 Å². The van der Waals surface area contributed by atoms with Gasteiger partial charge in [0.15, 0.2) is 6.61 Å². The lowest BCUT2D eigenvalue weighted by Gasteiger charge is -2.39. The fourth-order valence-corrected chi connectivity index (χ4v) is 5.27. The van der Waals surface area contributed by atoms with Gasteiger partial charge in [0, 0.05) is 30.1 Å². The maximum atomic E-state index is 12.8. The van der Waals surface area contributed by atoms with Crippen LogP contribution in [0, 0.1) is 0 Å². The summed E-state index contributed by atoms with van der Waals surface area (Å²) in [4.78, 5) is 38.9. The van der Waals surface area contributed by atoms with Crippen molar-refractivity contribution in [2.45, 2.75) is 43.9 Å². The number of ether oxygens (including phenoxy) is 1. The van der Waals surface area contributed by atoms with E-state index in [1.807, 2.05) is 36.4 Å².